The van der Waals surface area contributed by atoms with E-state index < -0.39 is 6.04 Å². The van der Waals surface area contributed by atoms with Gasteiger partial charge in [-0.1, -0.05) is 6.07 Å². The summed E-state index contributed by atoms with van der Waals surface area (Å²) in [5.74, 6) is -0.624. The van der Waals surface area contributed by atoms with Crippen molar-refractivity contribution in [3.05, 3.63) is 22.4 Å². The Hall–Kier alpha value is -1.40. The van der Waals surface area contributed by atoms with E-state index >= 15 is 0 Å². The number of hydroxylamine groups is 1. The molecule has 0 unspecified atom stereocenters. The Labute approximate surface area is 97.8 Å². The average Bonchev–Trinajstić information content (AvgIpc) is 2.79. The quantitative estimate of drug-likeness (QED) is 0.755. The molecule has 88 valence electrons. The Morgan fingerprint density at radius 3 is 2.88 bits per heavy atom. The molecular formula is C10H14N2O3S. The molecular weight excluding hydrogens is 228 g/mol. The predicted octanol–water partition coefficient (Wildman–Crippen LogP) is 0.934. The van der Waals surface area contributed by atoms with Crippen LogP contribution in [-0.4, -0.2) is 24.5 Å². The standard InChI is InChI=1S/C10H14N2O3S/c1-3-15-12-9(13)7(2)11-10(14)8-5-4-6-16-8/h4-7H,3H2,1-2H3,(H,11,14)(H,12,13)/t7-/m1/s1. The lowest BCUT2D eigenvalue weighted by Crippen LogP contribution is -2.44. The van der Waals surface area contributed by atoms with Gasteiger partial charge in [-0.25, -0.2) is 5.48 Å². The van der Waals surface area contributed by atoms with Crippen LogP contribution in [0.25, 0.3) is 0 Å². The zero-order valence-electron chi connectivity index (χ0n) is 9.15. The smallest absolute Gasteiger partial charge is 0.265 e. The van der Waals surface area contributed by atoms with Gasteiger partial charge in [-0.3, -0.25) is 14.4 Å². The summed E-state index contributed by atoms with van der Waals surface area (Å²) in [6.45, 7) is 3.74. The molecule has 0 aliphatic carbocycles. The number of hydrogen-bond acceptors (Lipinski definition) is 4. The average molecular weight is 242 g/mol. The van der Waals surface area contributed by atoms with Gasteiger partial charge in [-0.15, -0.1) is 11.3 Å². The van der Waals surface area contributed by atoms with E-state index in [2.05, 4.69) is 10.8 Å². The zero-order valence-corrected chi connectivity index (χ0v) is 9.97. The molecule has 1 aromatic rings. The summed E-state index contributed by atoms with van der Waals surface area (Å²) in [5, 5.41) is 4.38. The predicted molar refractivity (Wildman–Crippen MR) is 61.0 cm³/mol. The van der Waals surface area contributed by atoms with Crippen molar-refractivity contribution in [2.24, 2.45) is 0 Å². The van der Waals surface area contributed by atoms with Crippen LogP contribution >= 0.6 is 11.3 Å². The van der Waals surface area contributed by atoms with E-state index in [1.807, 2.05) is 0 Å². The second-order valence-electron chi connectivity index (χ2n) is 3.07. The summed E-state index contributed by atoms with van der Waals surface area (Å²) in [6.07, 6.45) is 0. The van der Waals surface area contributed by atoms with Gasteiger partial charge in [0, 0.05) is 0 Å². The van der Waals surface area contributed by atoms with Crippen LogP contribution in [0.5, 0.6) is 0 Å². The van der Waals surface area contributed by atoms with E-state index in [9.17, 15) is 9.59 Å². The first-order valence-electron chi connectivity index (χ1n) is 4.91. The van der Waals surface area contributed by atoms with Crippen molar-refractivity contribution >= 4 is 23.2 Å². The van der Waals surface area contributed by atoms with Crippen molar-refractivity contribution in [2.45, 2.75) is 19.9 Å². The van der Waals surface area contributed by atoms with Crippen molar-refractivity contribution in [2.75, 3.05) is 6.61 Å². The fourth-order valence-corrected chi connectivity index (χ4v) is 1.60. The van der Waals surface area contributed by atoms with Crippen LogP contribution in [0.4, 0.5) is 0 Å². The molecule has 5 nitrogen and oxygen atoms in total. The molecule has 0 bridgehead atoms. The van der Waals surface area contributed by atoms with Crippen LogP contribution in [0.3, 0.4) is 0 Å². The Kier molecular flexibility index (Phi) is 4.94. The largest absolute Gasteiger partial charge is 0.340 e. The third-order valence-electron chi connectivity index (χ3n) is 1.80. The van der Waals surface area contributed by atoms with Gasteiger partial charge in [-0.05, 0) is 25.3 Å². The lowest BCUT2D eigenvalue weighted by molar-refractivity contribution is -0.134. The van der Waals surface area contributed by atoms with E-state index in [1.165, 1.54) is 11.3 Å². The summed E-state index contributed by atoms with van der Waals surface area (Å²) in [5.41, 5.74) is 2.23. The van der Waals surface area contributed by atoms with Crippen LogP contribution in [0.2, 0.25) is 0 Å². The number of thiophene rings is 1. The second kappa shape index (κ2) is 6.24. The minimum atomic E-state index is -0.624. The van der Waals surface area contributed by atoms with Crippen LogP contribution in [0.1, 0.15) is 23.5 Å². The summed E-state index contributed by atoms with van der Waals surface area (Å²) >= 11 is 1.33. The molecule has 1 heterocycles. The summed E-state index contributed by atoms with van der Waals surface area (Å²) in [6, 6.07) is 2.86. The summed E-state index contributed by atoms with van der Waals surface area (Å²) < 4.78 is 0. The van der Waals surface area contributed by atoms with E-state index in [0.29, 0.717) is 11.5 Å². The van der Waals surface area contributed by atoms with E-state index in [0.717, 1.165) is 0 Å². The van der Waals surface area contributed by atoms with Crippen LogP contribution < -0.4 is 10.8 Å². The normalized spacial score (nSPS) is 11.9. The lowest BCUT2D eigenvalue weighted by Gasteiger charge is -2.12. The third-order valence-corrected chi connectivity index (χ3v) is 2.67. The molecule has 0 aliphatic heterocycles. The maximum Gasteiger partial charge on any atom is 0.265 e. The first-order valence-corrected chi connectivity index (χ1v) is 5.79. The molecule has 0 aliphatic rings. The van der Waals surface area contributed by atoms with Crippen molar-refractivity contribution in [3.63, 3.8) is 0 Å². The first kappa shape index (κ1) is 12.7. The molecule has 0 fully saturated rings. The lowest BCUT2D eigenvalue weighted by atomic mass is 10.3. The molecule has 0 aromatic carbocycles. The Bertz CT molecular complexity index is 351. The molecule has 0 saturated carbocycles. The van der Waals surface area contributed by atoms with Gasteiger partial charge in [0.05, 0.1) is 11.5 Å². The highest BCUT2D eigenvalue weighted by Gasteiger charge is 2.16. The maximum atomic E-state index is 11.6. The molecule has 0 radical (unpaired) electrons. The van der Waals surface area contributed by atoms with Gasteiger partial charge in [0.1, 0.15) is 6.04 Å². The van der Waals surface area contributed by atoms with Crippen molar-refractivity contribution in [1.82, 2.24) is 10.8 Å². The molecule has 1 aromatic heterocycles. The van der Waals surface area contributed by atoms with Gasteiger partial charge in [-0.2, -0.15) is 0 Å². The molecule has 0 spiro atoms. The Balaban J connectivity index is 2.42. The minimum Gasteiger partial charge on any atom is -0.340 e. The molecule has 1 atom stereocenters. The second-order valence-corrected chi connectivity index (χ2v) is 4.02. The van der Waals surface area contributed by atoms with Gasteiger partial charge >= 0.3 is 0 Å². The van der Waals surface area contributed by atoms with Crippen LogP contribution in [-0.2, 0) is 9.63 Å². The number of rotatable bonds is 5. The van der Waals surface area contributed by atoms with Crippen molar-refractivity contribution in [3.8, 4) is 0 Å². The first-order chi connectivity index (χ1) is 7.65. The fraction of sp³-hybridized carbons (Fsp3) is 0.400. The topological polar surface area (TPSA) is 67.4 Å². The molecule has 2 amide bonds. The SMILES string of the molecule is CCONC(=O)[C@@H](C)NC(=O)c1cccs1. The number of carbonyl (C=O) groups is 2. The Morgan fingerprint density at radius 2 is 2.31 bits per heavy atom. The summed E-state index contributed by atoms with van der Waals surface area (Å²) in [4.78, 5) is 28.3. The maximum absolute atomic E-state index is 11.6. The van der Waals surface area contributed by atoms with Crippen LogP contribution in [0.15, 0.2) is 17.5 Å². The van der Waals surface area contributed by atoms with Crippen LogP contribution in [0, 0.1) is 0 Å². The summed E-state index contributed by atoms with van der Waals surface area (Å²) in [7, 11) is 0. The number of nitrogens with one attached hydrogen (secondary N) is 2. The fourth-order valence-electron chi connectivity index (χ4n) is 0.973. The van der Waals surface area contributed by atoms with Gasteiger partial charge in [0.2, 0.25) is 0 Å². The van der Waals surface area contributed by atoms with E-state index in [4.69, 9.17) is 4.84 Å². The Morgan fingerprint density at radius 1 is 1.56 bits per heavy atom. The highest BCUT2D eigenvalue weighted by molar-refractivity contribution is 7.12. The number of amides is 2. The van der Waals surface area contributed by atoms with Crippen molar-refractivity contribution < 1.29 is 14.4 Å². The van der Waals surface area contributed by atoms with Crippen molar-refractivity contribution in [1.29, 1.82) is 0 Å². The van der Waals surface area contributed by atoms with Gasteiger partial charge < -0.3 is 5.32 Å². The molecule has 1 rings (SSSR count). The highest BCUT2D eigenvalue weighted by Crippen LogP contribution is 2.07. The molecule has 16 heavy (non-hydrogen) atoms. The monoisotopic (exact) mass is 242 g/mol. The molecule has 0 saturated heterocycles. The number of carbonyl (C=O) groups excluding carboxylic acids is 2. The molecule has 6 heteroatoms. The third kappa shape index (κ3) is 3.63. The highest BCUT2D eigenvalue weighted by atomic mass is 32.1. The molecule has 2 N–H and O–H groups in total. The van der Waals surface area contributed by atoms with Gasteiger partial charge in [0.15, 0.2) is 0 Å². The zero-order chi connectivity index (χ0) is 12.0. The van der Waals surface area contributed by atoms with E-state index in [1.54, 1.807) is 31.4 Å². The minimum absolute atomic E-state index is 0.255. The van der Waals surface area contributed by atoms with Gasteiger partial charge in [0.25, 0.3) is 11.8 Å². The number of hydrogen-bond donors (Lipinski definition) is 2. The van der Waals surface area contributed by atoms with E-state index in [-0.39, 0.29) is 11.8 Å².